The van der Waals surface area contributed by atoms with Crippen LogP contribution in [0.3, 0.4) is 0 Å². The minimum Gasteiger partial charge on any atom is -0.484 e. The molecule has 1 heterocycles. The van der Waals surface area contributed by atoms with Crippen LogP contribution >= 0.6 is 23.2 Å². The van der Waals surface area contributed by atoms with Gasteiger partial charge in [-0.2, -0.15) is 0 Å². The average Bonchev–Trinajstić information content (AvgIpc) is 3.16. The number of benzene rings is 1. The zero-order chi connectivity index (χ0) is 17.8. The fourth-order valence-electron chi connectivity index (χ4n) is 3.41. The van der Waals surface area contributed by atoms with Crippen molar-refractivity contribution in [3.8, 4) is 5.75 Å². The van der Waals surface area contributed by atoms with Crippen LogP contribution in [0.25, 0.3) is 0 Å². The Morgan fingerprint density at radius 2 is 1.64 bits per heavy atom. The van der Waals surface area contributed by atoms with Crippen molar-refractivity contribution in [1.82, 2.24) is 9.80 Å². The van der Waals surface area contributed by atoms with Gasteiger partial charge in [-0.25, -0.2) is 0 Å². The lowest BCUT2D eigenvalue weighted by Crippen LogP contribution is -2.52. The lowest BCUT2D eigenvalue weighted by Gasteiger charge is -2.36. The van der Waals surface area contributed by atoms with Gasteiger partial charge < -0.3 is 14.5 Å². The van der Waals surface area contributed by atoms with Crippen molar-refractivity contribution in [3.63, 3.8) is 0 Å². The summed E-state index contributed by atoms with van der Waals surface area (Å²) in [7, 11) is 0. The molecule has 0 N–H and O–H groups in total. The highest BCUT2D eigenvalue weighted by Crippen LogP contribution is 2.27. The van der Waals surface area contributed by atoms with E-state index in [9.17, 15) is 9.59 Å². The van der Waals surface area contributed by atoms with Crippen molar-refractivity contribution in [2.45, 2.75) is 25.7 Å². The second-order valence-electron chi connectivity index (χ2n) is 6.55. The van der Waals surface area contributed by atoms with Gasteiger partial charge in [-0.3, -0.25) is 9.59 Å². The van der Waals surface area contributed by atoms with Gasteiger partial charge in [-0.1, -0.05) is 36.0 Å². The van der Waals surface area contributed by atoms with Crippen LogP contribution in [0.4, 0.5) is 0 Å². The third-order valence-corrected chi connectivity index (χ3v) is 5.64. The van der Waals surface area contributed by atoms with Crippen LogP contribution in [-0.4, -0.2) is 54.4 Å². The molecule has 2 fully saturated rings. The number of amides is 2. The Hall–Kier alpha value is -1.46. The number of hydrogen-bond acceptors (Lipinski definition) is 3. The Bertz CT molecular complexity index is 639. The summed E-state index contributed by atoms with van der Waals surface area (Å²) < 4.78 is 5.50. The minimum absolute atomic E-state index is 0.0471. The molecule has 1 aromatic rings. The summed E-state index contributed by atoms with van der Waals surface area (Å²) in [6.07, 6.45) is 4.33. The number of nitrogens with zero attached hydrogens (tertiary/aromatic N) is 2. The van der Waals surface area contributed by atoms with Crippen LogP contribution in [0, 0.1) is 5.92 Å². The van der Waals surface area contributed by atoms with Crippen LogP contribution in [-0.2, 0) is 9.59 Å². The summed E-state index contributed by atoms with van der Waals surface area (Å²) in [6, 6.07) is 4.91. The topological polar surface area (TPSA) is 49.9 Å². The van der Waals surface area contributed by atoms with E-state index in [1.54, 1.807) is 23.1 Å². The summed E-state index contributed by atoms with van der Waals surface area (Å²) >= 11 is 11.8. The molecule has 1 saturated carbocycles. The fourth-order valence-corrected chi connectivity index (χ4v) is 3.70. The second-order valence-corrected chi connectivity index (χ2v) is 7.37. The Balaban J connectivity index is 1.44. The van der Waals surface area contributed by atoms with Gasteiger partial charge in [-0.15, -0.1) is 0 Å². The predicted molar refractivity (Wildman–Crippen MR) is 97.1 cm³/mol. The molecule has 0 radical (unpaired) electrons. The van der Waals surface area contributed by atoms with Crippen LogP contribution in [0.1, 0.15) is 25.7 Å². The molecule has 1 saturated heterocycles. The standard InChI is InChI=1S/C18H22Cl2N2O3/c19-15-6-5-14(11-16(15)20)25-12-17(23)21-7-9-22(10-8-21)18(24)13-3-1-2-4-13/h5-6,11,13H,1-4,7-10,12H2. The summed E-state index contributed by atoms with van der Waals surface area (Å²) in [6.45, 7) is 2.28. The second kappa shape index (κ2) is 8.28. The van der Waals surface area contributed by atoms with Gasteiger partial charge in [0.1, 0.15) is 5.75 Å². The Morgan fingerprint density at radius 1 is 1.00 bits per heavy atom. The maximum Gasteiger partial charge on any atom is 0.260 e. The number of hydrogen-bond donors (Lipinski definition) is 0. The van der Waals surface area contributed by atoms with E-state index in [1.807, 2.05) is 4.90 Å². The monoisotopic (exact) mass is 384 g/mol. The number of ether oxygens (including phenoxy) is 1. The van der Waals surface area contributed by atoms with Gasteiger partial charge in [0.25, 0.3) is 5.91 Å². The average molecular weight is 385 g/mol. The molecule has 0 aromatic heterocycles. The molecule has 136 valence electrons. The molecule has 0 atom stereocenters. The third kappa shape index (κ3) is 4.59. The van der Waals surface area contributed by atoms with E-state index < -0.39 is 0 Å². The highest BCUT2D eigenvalue weighted by atomic mass is 35.5. The highest BCUT2D eigenvalue weighted by Gasteiger charge is 2.30. The lowest BCUT2D eigenvalue weighted by molar-refractivity contribution is -0.142. The quantitative estimate of drug-likeness (QED) is 0.800. The number of piperazine rings is 1. The van der Waals surface area contributed by atoms with Crippen molar-refractivity contribution in [2.24, 2.45) is 5.92 Å². The third-order valence-electron chi connectivity index (χ3n) is 4.90. The molecule has 1 aliphatic heterocycles. The first kappa shape index (κ1) is 18.3. The van der Waals surface area contributed by atoms with Gasteiger partial charge in [-0.05, 0) is 25.0 Å². The normalized spacial score (nSPS) is 18.5. The minimum atomic E-state index is -0.0842. The van der Waals surface area contributed by atoms with E-state index in [4.69, 9.17) is 27.9 Å². The van der Waals surface area contributed by atoms with E-state index >= 15 is 0 Å². The highest BCUT2D eigenvalue weighted by molar-refractivity contribution is 6.42. The molecule has 1 aliphatic carbocycles. The first-order chi connectivity index (χ1) is 12.0. The Morgan fingerprint density at radius 3 is 2.28 bits per heavy atom. The molecule has 25 heavy (non-hydrogen) atoms. The van der Waals surface area contributed by atoms with Crippen LogP contribution < -0.4 is 4.74 Å². The molecular formula is C18H22Cl2N2O3. The first-order valence-corrected chi connectivity index (χ1v) is 9.44. The molecule has 0 unspecified atom stereocenters. The van der Waals surface area contributed by atoms with E-state index in [-0.39, 0.29) is 24.3 Å². The van der Waals surface area contributed by atoms with Crippen LogP contribution in [0.15, 0.2) is 18.2 Å². The summed E-state index contributed by atoms with van der Waals surface area (Å²) in [5.74, 6) is 0.883. The van der Waals surface area contributed by atoms with Gasteiger partial charge in [0, 0.05) is 38.2 Å². The number of halogens is 2. The summed E-state index contributed by atoms with van der Waals surface area (Å²) in [5, 5.41) is 0.842. The molecule has 1 aromatic carbocycles. The van der Waals surface area contributed by atoms with Gasteiger partial charge in [0.15, 0.2) is 6.61 Å². The van der Waals surface area contributed by atoms with Gasteiger partial charge >= 0.3 is 0 Å². The van der Waals surface area contributed by atoms with Gasteiger partial charge in [0.05, 0.1) is 10.0 Å². The van der Waals surface area contributed by atoms with Crippen LogP contribution in [0.2, 0.25) is 10.0 Å². The number of carbonyl (C=O) groups is 2. The zero-order valence-electron chi connectivity index (χ0n) is 14.0. The first-order valence-electron chi connectivity index (χ1n) is 8.69. The molecule has 5 nitrogen and oxygen atoms in total. The van der Waals surface area contributed by atoms with Gasteiger partial charge in [0.2, 0.25) is 5.91 Å². The van der Waals surface area contributed by atoms with Crippen LogP contribution in [0.5, 0.6) is 5.75 Å². The number of rotatable bonds is 4. The maximum absolute atomic E-state index is 12.4. The molecule has 0 bridgehead atoms. The van der Waals surface area contributed by atoms with Crippen molar-refractivity contribution in [3.05, 3.63) is 28.2 Å². The van der Waals surface area contributed by atoms with E-state index in [1.165, 1.54) is 0 Å². The van der Waals surface area contributed by atoms with Crippen molar-refractivity contribution < 1.29 is 14.3 Å². The molecule has 2 aliphatic rings. The Kier molecular flexibility index (Phi) is 6.07. The van der Waals surface area contributed by atoms with E-state index in [2.05, 4.69) is 0 Å². The molecule has 3 rings (SSSR count). The number of carbonyl (C=O) groups excluding carboxylic acids is 2. The predicted octanol–water partition coefficient (Wildman–Crippen LogP) is 3.23. The smallest absolute Gasteiger partial charge is 0.260 e. The molecule has 7 heteroatoms. The molecule has 2 amide bonds. The molecular weight excluding hydrogens is 363 g/mol. The lowest BCUT2D eigenvalue weighted by atomic mass is 10.1. The largest absolute Gasteiger partial charge is 0.484 e. The SMILES string of the molecule is O=C(COc1ccc(Cl)c(Cl)c1)N1CCN(C(=O)C2CCCC2)CC1. The van der Waals surface area contributed by atoms with Crippen molar-refractivity contribution >= 4 is 35.0 Å². The van der Waals surface area contributed by atoms with Crippen molar-refractivity contribution in [2.75, 3.05) is 32.8 Å². The molecule has 0 spiro atoms. The Labute approximate surface area is 157 Å². The maximum atomic E-state index is 12.4. The van der Waals surface area contributed by atoms with E-state index in [0.717, 1.165) is 25.7 Å². The van der Waals surface area contributed by atoms with E-state index in [0.29, 0.717) is 42.0 Å². The fraction of sp³-hybridized carbons (Fsp3) is 0.556. The van der Waals surface area contributed by atoms with Crippen molar-refractivity contribution in [1.29, 1.82) is 0 Å². The summed E-state index contributed by atoms with van der Waals surface area (Å²) in [4.78, 5) is 28.4. The summed E-state index contributed by atoms with van der Waals surface area (Å²) in [5.41, 5.74) is 0. The zero-order valence-corrected chi connectivity index (χ0v) is 15.6.